The maximum absolute atomic E-state index is 13.9. The van der Waals surface area contributed by atoms with Gasteiger partial charge in [0.2, 0.25) is 5.91 Å². The molecule has 206 valence electrons. The zero-order valence-electron chi connectivity index (χ0n) is 22.5. The van der Waals surface area contributed by atoms with Crippen molar-refractivity contribution in [3.8, 4) is 0 Å². The molecule has 0 radical (unpaired) electrons. The van der Waals surface area contributed by atoms with Crippen LogP contribution in [-0.2, 0) is 16.1 Å². The summed E-state index contributed by atoms with van der Waals surface area (Å²) in [6.07, 6.45) is 1.62. The van der Waals surface area contributed by atoms with E-state index in [1.54, 1.807) is 0 Å². The number of benzene rings is 1. The lowest BCUT2D eigenvalue weighted by molar-refractivity contribution is -0.135. The summed E-state index contributed by atoms with van der Waals surface area (Å²) >= 11 is 1.45. The number of hydrogen-bond acceptors (Lipinski definition) is 7. The van der Waals surface area contributed by atoms with Gasteiger partial charge in [-0.1, -0.05) is 35.9 Å². The Bertz CT molecular complexity index is 1030. The van der Waals surface area contributed by atoms with Crippen molar-refractivity contribution in [2.75, 3.05) is 72.1 Å². The van der Waals surface area contributed by atoms with Gasteiger partial charge in [-0.15, -0.1) is 11.3 Å². The molecule has 3 fully saturated rings. The molecule has 2 atom stereocenters. The molecule has 2 amide bonds. The van der Waals surface area contributed by atoms with E-state index >= 15 is 0 Å². The summed E-state index contributed by atoms with van der Waals surface area (Å²) in [4.78, 5) is 37.0. The van der Waals surface area contributed by atoms with Gasteiger partial charge in [0.25, 0.3) is 5.91 Å². The molecular weight excluding hydrogens is 498 g/mol. The van der Waals surface area contributed by atoms with Crippen LogP contribution in [0.5, 0.6) is 0 Å². The first-order valence-corrected chi connectivity index (χ1v) is 14.9. The van der Waals surface area contributed by atoms with Crippen molar-refractivity contribution in [3.63, 3.8) is 0 Å². The first-order chi connectivity index (χ1) is 18.6. The lowest BCUT2D eigenvalue weighted by Crippen LogP contribution is -2.48. The molecule has 0 aliphatic carbocycles. The molecule has 5 rings (SSSR count). The van der Waals surface area contributed by atoms with Crippen molar-refractivity contribution in [1.29, 1.82) is 0 Å². The molecule has 3 saturated heterocycles. The van der Waals surface area contributed by atoms with E-state index in [1.165, 1.54) is 22.5 Å². The normalized spacial score (nSPS) is 23.1. The molecule has 1 aromatic carbocycles. The van der Waals surface area contributed by atoms with Crippen LogP contribution in [0.2, 0.25) is 0 Å². The average molecular weight is 540 g/mol. The quantitative estimate of drug-likeness (QED) is 0.555. The van der Waals surface area contributed by atoms with Gasteiger partial charge in [0.1, 0.15) is 6.04 Å². The molecule has 2 aromatic rings. The Morgan fingerprint density at radius 1 is 1.08 bits per heavy atom. The van der Waals surface area contributed by atoms with Crippen molar-refractivity contribution in [3.05, 3.63) is 57.8 Å². The Hall–Kier alpha value is -2.30. The van der Waals surface area contributed by atoms with Crippen LogP contribution in [0.25, 0.3) is 0 Å². The Kier molecular flexibility index (Phi) is 9.45. The number of rotatable bonds is 8. The lowest BCUT2D eigenvalue weighted by atomic mass is 10.1. The molecular formula is C29H41N5O3S. The molecule has 2 unspecified atom stereocenters. The first-order valence-electron chi connectivity index (χ1n) is 14.0. The van der Waals surface area contributed by atoms with E-state index < -0.39 is 6.04 Å². The molecule has 4 heterocycles. The summed E-state index contributed by atoms with van der Waals surface area (Å²) in [6.45, 7) is 12.0. The highest BCUT2D eigenvalue weighted by Crippen LogP contribution is 2.28. The number of amides is 2. The Morgan fingerprint density at radius 2 is 1.89 bits per heavy atom. The molecule has 38 heavy (non-hydrogen) atoms. The van der Waals surface area contributed by atoms with Gasteiger partial charge in [-0.05, 0) is 43.3 Å². The van der Waals surface area contributed by atoms with Crippen molar-refractivity contribution in [2.24, 2.45) is 0 Å². The Labute approximate surface area is 230 Å². The third kappa shape index (κ3) is 6.82. The lowest BCUT2D eigenvalue weighted by Gasteiger charge is -2.33. The molecule has 0 saturated carbocycles. The van der Waals surface area contributed by atoms with Crippen molar-refractivity contribution in [2.45, 2.75) is 38.4 Å². The molecule has 0 spiro atoms. The summed E-state index contributed by atoms with van der Waals surface area (Å²) in [6, 6.07) is 12.2. The summed E-state index contributed by atoms with van der Waals surface area (Å²) < 4.78 is 5.55. The van der Waals surface area contributed by atoms with Crippen LogP contribution >= 0.6 is 11.3 Å². The van der Waals surface area contributed by atoms with Crippen LogP contribution in [-0.4, -0.2) is 116 Å². The minimum Gasteiger partial charge on any atom is -0.379 e. The third-order valence-corrected chi connectivity index (χ3v) is 8.90. The van der Waals surface area contributed by atoms with E-state index in [9.17, 15) is 9.59 Å². The number of carbonyl (C=O) groups is 2. The fourth-order valence-corrected chi connectivity index (χ4v) is 6.45. The van der Waals surface area contributed by atoms with Crippen LogP contribution < -0.4 is 5.32 Å². The van der Waals surface area contributed by atoms with Gasteiger partial charge in [-0.3, -0.25) is 19.4 Å². The van der Waals surface area contributed by atoms with Crippen LogP contribution in [0.3, 0.4) is 0 Å². The van der Waals surface area contributed by atoms with Gasteiger partial charge in [-0.25, -0.2) is 0 Å². The zero-order chi connectivity index (χ0) is 26.3. The molecule has 3 aliphatic rings. The number of carbonyl (C=O) groups excluding carboxylic acids is 2. The average Bonchev–Trinajstić information content (AvgIpc) is 3.57. The minimum absolute atomic E-state index is 0.0164. The summed E-state index contributed by atoms with van der Waals surface area (Å²) in [5.41, 5.74) is 2.52. The number of hydrogen-bond donors (Lipinski definition) is 1. The second-order valence-electron chi connectivity index (χ2n) is 10.7. The highest BCUT2D eigenvalue weighted by atomic mass is 32.1. The second kappa shape index (κ2) is 13.2. The molecule has 1 aromatic heterocycles. The van der Waals surface area contributed by atoms with Gasteiger partial charge in [0, 0.05) is 64.9 Å². The third-order valence-electron chi connectivity index (χ3n) is 8.04. The Balaban J connectivity index is 1.37. The topological polar surface area (TPSA) is 68.4 Å². The summed E-state index contributed by atoms with van der Waals surface area (Å²) in [5, 5.41) is 5.33. The van der Waals surface area contributed by atoms with Gasteiger partial charge in [-0.2, -0.15) is 0 Å². The highest BCUT2D eigenvalue weighted by molar-refractivity contribution is 7.12. The van der Waals surface area contributed by atoms with Crippen molar-refractivity contribution < 1.29 is 14.3 Å². The van der Waals surface area contributed by atoms with Crippen LogP contribution in [0.15, 0.2) is 41.8 Å². The van der Waals surface area contributed by atoms with E-state index in [0.29, 0.717) is 24.4 Å². The second-order valence-corrected chi connectivity index (χ2v) is 11.6. The maximum atomic E-state index is 13.9. The van der Waals surface area contributed by atoms with Crippen LogP contribution in [0.4, 0.5) is 0 Å². The molecule has 8 nitrogen and oxygen atoms in total. The highest BCUT2D eigenvalue weighted by Gasteiger charge is 2.43. The smallest absolute Gasteiger partial charge is 0.264 e. The van der Waals surface area contributed by atoms with Crippen molar-refractivity contribution in [1.82, 2.24) is 24.9 Å². The number of aryl methyl sites for hydroxylation is 1. The largest absolute Gasteiger partial charge is 0.379 e. The summed E-state index contributed by atoms with van der Waals surface area (Å²) in [7, 11) is 0. The van der Waals surface area contributed by atoms with E-state index in [0.717, 1.165) is 72.0 Å². The number of thiophene rings is 1. The molecule has 9 heteroatoms. The van der Waals surface area contributed by atoms with Gasteiger partial charge in [0.15, 0.2) is 0 Å². The van der Waals surface area contributed by atoms with E-state index in [-0.39, 0.29) is 17.9 Å². The SMILES string of the molecule is Cc1ccc(CN(CCN2CCOCC2)C2CC(C(=O)N3CCCNCC3)N(C(=O)c3cccs3)C2)cc1. The van der Waals surface area contributed by atoms with Gasteiger partial charge < -0.3 is 19.9 Å². The fourth-order valence-electron chi connectivity index (χ4n) is 5.77. The standard InChI is InChI=1S/C29H41N5O3S/c1-23-5-7-24(8-6-23)21-33(14-13-31-15-17-37-18-16-31)25-20-26(28(35)32-11-3-9-30-10-12-32)34(22-25)29(36)27-4-2-19-38-27/h2,4-8,19,25-26,30H,3,9-18,20-22H2,1H3. The first kappa shape index (κ1) is 27.3. The zero-order valence-corrected chi connectivity index (χ0v) is 23.3. The number of morpholine rings is 1. The van der Waals surface area contributed by atoms with E-state index in [2.05, 4.69) is 46.3 Å². The van der Waals surface area contributed by atoms with Gasteiger partial charge >= 0.3 is 0 Å². The fraction of sp³-hybridized carbons (Fsp3) is 0.586. The van der Waals surface area contributed by atoms with Crippen LogP contribution in [0, 0.1) is 6.92 Å². The van der Waals surface area contributed by atoms with Gasteiger partial charge in [0.05, 0.1) is 18.1 Å². The monoisotopic (exact) mass is 539 g/mol. The van der Waals surface area contributed by atoms with E-state index in [1.807, 2.05) is 27.3 Å². The number of likely N-dealkylation sites (tertiary alicyclic amines) is 1. The predicted octanol–water partition coefficient (Wildman–Crippen LogP) is 2.30. The molecule has 3 aliphatic heterocycles. The Morgan fingerprint density at radius 3 is 2.66 bits per heavy atom. The summed E-state index contributed by atoms with van der Waals surface area (Å²) in [5.74, 6) is 0.0850. The predicted molar refractivity (Wildman–Crippen MR) is 150 cm³/mol. The van der Waals surface area contributed by atoms with Crippen LogP contribution in [0.1, 0.15) is 33.6 Å². The number of nitrogens with one attached hydrogen (secondary N) is 1. The molecule has 1 N–H and O–H groups in total. The van der Waals surface area contributed by atoms with E-state index in [4.69, 9.17) is 4.74 Å². The van der Waals surface area contributed by atoms with Crippen molar-refractivity contribution >= 4 is 23.2 Å². The minimum atomic E-state index is -0.420. The number of nitrogens with zero attached hydrogens (tertiary/aromatic N) is 4. The maximum Gasteiger partial charge on any atom is 0.264 e. The molecule has 0 bridgehead atoms. The number of ether oxygens (including phenoxy) is 1.